The van der Waals surface area contributed by atoms with Crippen LogP contribution in [0.1, 0.15) is 37.6 Å². The second kappa shape index (κ2) is 6.62. The van der Waals surface area contributed by atoms with Crippen molar-refractivity contribution in [2.24, 2.45) is 17.2 Å². The molecule has 7 heteroatoms. The normalized spacial score (nSPS) is 17.1. The topological polar surface area (TPSA) is 72.9 Å². The Labute approximate surface area is 167 Å². The van der Waals surface area contributed by atoms with Gasteiger partial charge >= 0.3 is 0 Å². The number of aromatic nitrogens is 2. The Morgan fingerprint density at radius 3 is 2.81 bits per heavy atom. The van der Waals surface area contributed by atoms with E-state index >= 15 is 0 Å². The van der Waals surface area contributed by atoms with Gasteiger partial charge in [-0.3, -0.25) is 10.2 Å². The molecule has 1 aliphatic rings. The average Bonchev–Trinajstić information content (AvgIpc) is 2.98. The van der Waals surface area contributed by atoms with E-state index in [1.807, 2.05) is 12.1 Å². The minimum absolute atomic E-state index is 0.0954. The first-order valence-corrected chi connectivity index (χ1v) is 10.3. The fourth-order valence-electron chi connectivity index (χ4n) is 3.92. The van der Waals surface area contributed by atoms with E-state index in [1.54, 1.807) is 23.5 Å². The molecule has 1 unspecified atom stereocenters. The molecule has 4 rings (SSSR count). The van der Waals surface area contributed by atoms with E-state index in [1.165, 1.54) is 9.44 Å². The predicted octanol–water partition coefficient (Wildman–Crippen LogP) is 4.54. The molecule has 0 amide bonds. The number of anilines is 1. The first-order chi connectivity index (χ1) is 12.8. The van der Waals surface area contributed by atoms with Crippen molar-refractivity contribution < 1.29 is 0 Å². The molecule has 3 aromatic rings. The number of halogens is 1. The molecule has 0 spiro atoms. The number of thiophene rings is 1. The summed E-state index contributed by atoms with van der Waals surface area (Å²) in [6.07, 6.45) is 3.01. The molecule has 5 nitrogen and oxygen atoms in total. The summed E-state index contributed by atoms with van der Waals surface area (Å²) in [6, 6.07) is 7.16. The number of nitrogens with two attached hydrogens (primary N) is 1. The molecule has 27 heavy (non-hydrogen) atoms. The van der Waals surface area contributed by atoms with Crippen LogP contribution in [0.4, 0.5) is 5.95 Å². The number of fused-ring (bicyclic) bond motifs is 3. The molecule has 0 fully saturated rings. The minimum Gasteiger partial charge on any atom is -0.293 e. The van der Waals surface area contributed by atoms with E-state index in [9.17, 15) is 4.79 Å². The molecular weight excluding hydrogens is 380 g/mol. The predicted molar refractivity (Wildman–Crippen MR) is 113 cm³/mol. The Bertz CT molecular complexity index is 1080. The van der Waals surface area contributed by atoms with E-state index in [-0.39, 0.29) is 11.0 Å². The molecule has 1 aromatic carbocycles. The van der Waals surface area contributed by atoms with Crippen LogP contribution in [0.15, 0.2) is 29.1 Å². The van der Waals surface area contributed by atoms with Crippen LogP contribution in [0, 0.1) is 11.3 Å². The highest BCUT2D eigenvalue weighted by Crippen LogP contribution is 2.42. The van der Waals surface area contributed by atoms with Crippen LogP contribution in [-0.4, -0.2) is 9.55 Å². The van der Waals surface area contributed by atoms with Crippen LogP contribution in [-0.2, 0) is 12.8 Å². The van der Waals surface area contributed by atoms with Crippen LogP contribution < -0.4 is 16.8 Å². The van der Waals surface area contributed by atoms with Crippen molar-refractivity contribution >= 4 is 39.1 Å². The van der Waals surface area contributed by atoms with Gasteiger partial charge in [0, 0.05) is 9.90 Å². The summed E-state index contributed by atoms with van der Waals surface area (Å²) in [4.78, 5) is 20.1. The van der Waals surface area contributed by atoms with E-state index < -0.39 is 0 Å². The van der Waals surface area contributed by atoms with Gasteiger partial charge in [-0.15, -0.1) is 11.3 Å². The van der Waals surface area contributed by atoms with Gasteiger partial charge in [-0.2, -0.15) is 0 Å². The molecule has 0 radical (unpaired) electrons. The molecule has 0 bridgehead atoms. The molecule has 0 saturated carbocycles. The fraction of sp³-hybridized carbons (Fsp3) is 0.400. The Morgan fingerprint density at radius 1 is 1.37 bits per heavy atom. The molecule has 2 heterocycles. The van der Waals surface area contributed by atoms with Crippen LogP contribution in [0.3, 0.4) is 0 Å². The Morgan fingerprint density at radius 2 is 2.15 bits per heavy atom. The van der Waals surface area contributed by atoms with Crippen molar-refractivity contribution in [1.29, 1.82) is 0 Å². The van der Waals surface area contributed by atoms with Gasteiger partial charge in [0.1, 0.15) is 4.83 Å². The molecule has 1 aliphatic carbocycles. The smallest absolute Gasteiger partial charge is 0.268 e. The third-order valence-corrected chi connectivity index (χ3v) is 6.89. The van der Waals surface area contributed by atoms with Crippen molar-refractivity contribution in [3.8, 4) is 5.69 Å². The zero-order valence-electron chi connectivity index (χ0n) is 15.7. The number of benzene rings is 1. The molecular formula is C20H23ClN4OS. The van der Waals surface area contributed by atoms with Gasteiger partial charge in [0.05, 0.1) is 11.1 Å². The molecule has 0 aliphatic heterocycles. The summed E-state index contributed by atoms with van der Waals surface area (Å²) >= 11 is 7.75. The number of nitrogen functional groups attached to an aromatic ring is 1. The maximum absolute atomic E-state index is 13.4. The lowest BCUT2D eigenvalue weighted by Gasteiger charge is -2.33. The highest BCUT2D eigenvalue weighted by Gasteiger charge is 2.32. The van der Waals surface area contributed by atoms with Gasteiger partial charge < -0.3 is 0 Å². The number of hydrazine groups is 1. The van der Waals surface area contributed by atoms with Crippen molar-refractivity contribution in [3.05, 3.63) is 50.1 Å². The Kier molecular flexibility index (Phi) is 4.53. The summed E-state index contributed by atoms with van der Waals surface area (Å²) in [5.74, 6) is 6.62. The van der Waals surface area contributed by atoms with Gasteiger partial charge in [0.25, 0.3) is 5.56 Å². The summed E-state index contributed by atoms with van der Waals surface area (Å²) < 4.78 is 1.51. The second-order valence-corrected chi connectivity index (χ2v) is 9.71. The zero-order chi connectivity index (χ0) is 19.3. The van der Waals surface area contributed by atoms with Gasteiger partial charge in [-0.25, -0.2) is 15.4 Å². The van der Waals surface area contributed by atoms with Crippen LogP contribution in [0.2, 0.25) is 5.02 Å². The van der Waals surface area contributed by atoms with E-state index in [0.29, 0.717) is 22.6 Å². The molecule has 3 N–H and O–H groups in total. The van der Waals surface area contributed by atoms with Crippen LogP contribution >= 0.6 is 22.9 Å². The van der Waals surface area contributed by atoms with Crippen molar-refractivity contribution in [2.75, 3.05) is 5.43 Å². The van der Waals surface area contributed by atoms with Crippen molar-refractivity contribution in [1.82, 2.24) is 9.55 Å². The van der Waals surface area contributed by atoms with E-state index in [2.05, 4.69) is 31.2 Å². The maximum atomic E-state index is 13.4. The summed E-state index contributed by atoms with van der Waals surface area (Å²) in [6.45, 7) is 6.87. The fourth-order valence-corrected chi connectivity index (χ4v) is 5.39. The number of rotatable bonds is 2. The van der Waals surface area contributed by atoms with E-state index in [4.69, 9.17) is 17.4 Å². The highest BCUT2D eigenvalue weighted by atomic mass is 35.5. The minimum atomic E-state index is -0.0954. The largest absolute Gasteiger partial charge is 0.293 e. The number of aryl methyl sites for hydroxylation is 1. The number of hydrogen-bond acceptors (Lipinski definition) is 5. The number of nitrogens with zero attached hydrogens (tertiary/aromatic N) is 2. The van der Waals surface area contributed by atoms with Crippen LogP contribution in [0.25, 0.3) is 15.9 Å². The average molecular weight is 403 g/mol. The quantitative estimate of drug-likeness (QED) is 0.487. The summed E-state index contributed by atoms with van der Waals surface area (Å²) in [5.41, 5.74) is 4.55. The molecule has 1 atom stereocenters. The van der Waals surface area contributed by atoms with Gasteiger partial charge in [-0.05, 0) is 54.4 Å². The SMILES string of the molecule is CC(C)(C)C1CCc2c(sc3nc(NN)n(-c4cccc(Cl)c4)c(=O)c23)C1. The van der Waals surface area contributed by atoms with Gasteiger partial charge in [0.15, 0.2) is 0 Å². The van der Waals surface area contributed by atoms with Crippen molar-refractivity contribution in [2.45, 2.75) is 40.0 Å². The summed E-state index contributed by atoms with van der Waals surface area (Å²) in [5, 5.41) is 1.28. The number of hydrogen-bond donors (Lipinski definition) is 2. The second-order valence-electron chi connectivity index (χ2n) is 8.19. The van der Waals surface area contributed by atoms with Gasteiger partial charge in [-0.1, -0.05) is 38.4 Å². The lowest BCUT2D eigenvalue weighted by molar-refractivity contribution is 0.218. The van der Waals surface area contributed by atoms with Gasteiger partial charge in [0.2, 0.25) is 5.95 Å². The first kappa shape index (κ1) is 18.5. The number of nitrogens with one attached hydrogen (secondary N) is 1. The Balaban J connectivity index is 1.93. The monoisotopic (exact) mass is 402 g/mol. The van der Waals surface area contributed by atoms with Crippen LogP contribution in [0.5, 0.6) is 0 Å². The third-order valence-electron chi connectivity index (χ3n) is 5.50. The highest BCUT2D eigenvalue weighted by molar-refractivity contribution is 7.18. The zero-order valence-corrected chi connectivity index (χ0v) is 17.2. The molecule has 2 aromatic heterocycles. The van der Waals surface area contributed by atoms with E-state index in [0.717, 1.165) is 35.0 Å². The molecule has 142 valence electrons. The van der Waals surface area contributed by atoms with Crippen molar-refractivity contribution in [3.63, 3.8) is 0 Å². The lowest BCUT2D eigenvalue weighted by Crippen LogP contribution is -2.28. The maximum Gasteiger partial charge on any atom is 0.268 e. The summed E-state index contributed by atoms with van der Waals surface area (Å²) in [7, 11) is 0. The Hall–Kier alpha value is -1.89. The standard InChI is InChI=1S/C20H23ClN4OS/c1-20(2,3)11-7-8-14-15(9-11)27-17-16(14)18(26)25(19(23-17)24-22)13-6-4-5-12(21)10-13/h4-6,10-11H,7-9,22H2,1-3H3,(H,23,24). The third kappa shape index (κ3) is 3.16. The molecule has 0 saturated heterocycles. The first-order valence-electron chi connectivity index (χ1n) is 9.09. The lowest BCUT2D eigenvalue weighted by atomic mass is 9.72.